The average molecular weight is 505 g/mol. The molecule has 1 amide bonds. The number of carbonyl (C=O) groups excluding carboxylic acids is 1. The molecule has 15 heteroatoms. The number of rotatable bonds is 8. The smallest absolute Gasteiger partial charge is 0.231 e. The third-order valence-corrected chi connectivity index (χ3v) is 7.47. The molecule has 12 nitrogen and oxygen atoms in total. The van der Waals surface area contributed by atoms with Crippen LogP contribution in [0.1, 0.15) is 0 Å². The van der Waals surface area contributed by atoms with Crippen LogP contribution in [-0.4, -0.2) is 138 Å². The number of carbonyl (C=O) groups is 1. The predicted molar refractivity (Wildman–Crippen MR) is 122 cm³/mol. The van der Waals surface area contributed by atoms with E-state index in [-0.39, 0.29) is 25.4 Å². The molecule has 1 aliphatic rings. The Morgan fingerprint density at radius 1 is 0.645 bits per heavy atom. The zero-order chi connectivity index (χ0) is 23.9. The van der Waals surface area contributed by atoms with Crippen molar-refractivity contribution in [1.82, 2.24) is 19.6 Å². The second kappa shape index (κ2) is 12.4. The van der Waals surface area contributed by atoms with E-state index in [2.05, 4.69) is 0 Å². The Kier molecular flexibility index (Phi) is 11.5. The highest BCUT2D eigenvalue weighted by Gasteiger charge is 2.24. The largest absolute Gasteiger partial charge is 0.369 e. The van der Waals surface area contributed by atoms with E-state index in [0.29, 0.717) is 52.4 Å². The summed E-state index contributed by atoms with van der Waals surface area (Å²) in [5.74, 6) is -0.496. The molecule has 184 valence electrons. The predicted octanol–water partition coefficient (Wildman–Crippen LogP) is -0.734. The zero-order valence-electron chi connectivity index (χ0n) is 18.7. The molecule has 31 heavy (non-hydrogen) atoms. The summed E-state index contributed by atoms with van der Waals surface area (Å²) >= 11 is 0. The zero-order valence-corrected chi connectivity index (χ0v) is 21.4. The van der Waals surface area contributed by atoms with Crippen molar-refractivity contribution in [1.29, 1.82) is 0 Å². The molecule has 1 aliphatic heterocycles. The van der Waals surface area contributed by atoms with Crippen LogP contribution in [-0.2, 0) is 18.5 Å². The van der Waals surface area contributed by atoms with E-state index in [4.69, 9.17) is 5.73 Å². The van der Waals surface area contributed by atoms with E-state index in [0.717, 1.165) is 0 Å². The van der Waals surface area contributed by atoms with Gasteiger partial charge in [0.05, 0.1) is 25.4 Å². The third kappa shape index (κ3) is 15.4. The van der Waals surface area contributed by atoms with E-state index in [1.807, 2.05) is 14.7 Å². The normalized spacial score (nSPS) is 25.5. The lowest BCUT2D eigenvalue weighted by atomic mass is 10.3. The monoisotopic (exact) mass is 505 g/mol. The van der Waals surface area contributed by atoms with Gasteiger partial charge in [0.2, 0.25) is 28.0 Å². The first-order valence-electron chi connectivity index (χ1n) is 10.1. The maximum Gasteiger partial charge on any atom is 0.231 e. The summed E-state index contributed by atoms with van der Waals surface area (Å²) in [6.07, 6.45) is -0.0814. The van der Waals surface area contributed by atoms with E-state index in [1.54, 1.807) is 4.90 Å². The quantitative estimate of drug-likeness (QED) is 0.307. The van der Waals surface area contributed by atoms with Crippen LogP contribution in [0.5, 0.6) is 0 Å². The maximum absolute atomic E-state index is 12.0. The Bertz CT molecular complexity index is 682. The second-order valence-corrected chi connectivity index (χ2v) is 15.8. The lowest BCUT2D eigenvalue weighted by Crippen LogP contribution is -2.47. The van der Waals surface area contributed by atoms with Crippen LogP contribution in [0.3, 0.4) is 0 Å². The Labute approximate surface area is 184 Å². The Morgan fingerprint density at radius 3 is 1.06 bits per heavy atom. The first-order valence-corrected chi connectivity index (χ1v) is 17.0. The number of hydrogen-bond donors (Lipinski definition) is 4. The van der Waals surface area contributed by atoms with Gasteiger partial charge in [-0.15, -0.1) is 0 Å². The lowest BCUT2D eigenvalue weighted by molar-refractivity contribution is -0.119. The average Bonchev–Trinajstić information content (AvgIpc) is 2.53. The van der Waals surface area contributed by atoms with E-state index >= 15 is 0 Å². The minimum atomic E-state index is -3.34. The third-order valence-electron chi connectivity index (χ3n) is 4.70. The van der Waals surface area contributed by atoms with Crippen molar-refractivity contribution in [3.8, 4) is 0 Å². The van der Waals surface area contributed by atoms with Crippen molar-refractivity contribution in [2.45, 2.75) is 0 Å². The summed E-state index contributed by atoms with van der Waals surface area (Å²) < 4.78 is 35.9. The number of nitrogens with zero attached hydrogens (tertiary/aromatic N) is 4. The summed E-state index contributed by atoms with van der Waals surface area (Å²) in [6.45, 7) is 7.12. The molecule has 0 aliphatic carbocycles. The van der Waals surface area contributed by atoms with Crippen LogP contribution in [0.25, 0.3) is 0 Å². The first kappa shape index (κ1) is 28.9. The van der Waals surface area contributed by atoms with E-state index in [9.17, 15) is 33.2 Å². The van der Waals surface area contributed by atoms with Crippen LogP contribution < -0.4 is 5.73 Å². The molecule has 0 spiro atoms. The van der Waals surface area contributed by atoms with Gasteiger partial charge in [-0.2, -0.15) is 0 Å². The van der Waals surface area contributed by atoms with Crippen molar-refractivity contribution < 1.29 is 33.2 Å². The second-order valence-electron chi connectivity index (χ2n) is 8.67. The molecule has 0 aromatic rings. The fourth-order valence-electron chi connectivity index (χ4n) is 3.49. The van der Waals surface area contributed by atoms with Crippen molar-refractivity contribution >= 4 is 28.0 Å². The maximum atomic E-state index is 12.0. The van der Waals surface area contributed by atoms with Gasteiger partial charge in [-0.25, -0.2) is 0 Å². The number of primary amides is 1. The molecule has 0 aromatic heterocycles. The summed E-state index contributed by atoms with van der Waals surface area (Å²) in [5.41, 5.74) is 5.36. The molecule has 1 rings (SSSR count). The minimum Gasteiger partial charge on any atom is -0.369 e. The molecular weight excluding hydrogens is 467 g/mol. The molecule has 1 heterocycles. The molecule has 3 unspecified atom stereocenters. The number of hydrogen-bond acceptors (Lipinski definition) is 8. The van der Waals surface area contributed by atoms with Gasteiger partial charge in [0.25, 0.3) is 0 Å². The van der Waals surface area contributed by atoms with Crippen LogP contribution in [0.2, 0.25) is 0 Å². The molecule has 0 aromatic carbocycles. The van der Waals surface area contributed by atoms with Gasteiger partial charge < -0.3 is 20.4 Å². The van der Waals surface area contributed by atoms with Gasteiger partial charge in [-0.1, -0.05) is 0 Å². The van der Waals surface area contributed by atoms with Crippen LogP contribution in [0.15, 0.2) is 0 Å². The lowest BCUT2D eigenvalue weighted by Gasteiger charge is -2.34. The summed E-state index contributed by atoms with van der Waals surface area (Å²) in [4.78, 5) is 48.2. The standard InChI is InChI=1S/C16H38N5O7P3/c1-29(23,24)13-19-6-4-18(12-16(17)22)5-7-20(14-30(2,25)26)9-11-21(10-8-19)15-31(3,27)28/h4-15H2,1-3H3,(H2,17,22)(H,23,24)(H,25,26)(H,27,28). The van der Waals surface area contributed by atoms with Gasteiger partial charge in [-0.3, -0.25) is 38.1 Å². The minimum absolute atomic E-state index is 0.0170. The molecule has 1 fully saturated rings. The summed E-state index contributed by atoms with van der Waals surface area (Å²) in [7, 11) is -9.99. The van der Waals surface area contributed by atoms with Crippen LogP contribution in [0, 0.1) is 0 Å². The molecule has 0 saturated carbocycles. The summed E-state index contributed by atoms with van der Waals surface area (Å²) in [5, 5.41) is 0. The highest BCUT2D eigenvalue weighted by Crippen LogP contribution is 2.38. The molecule has 5 N–H and O–H groups in total. The molecule has 1 saturated heterocycles. The van der Waals surface area contributed by atoms with Crippen molar-refractivity contribution in [3.63, 3.8) is 0 Å². The van der Waals surface area contributed by atoms with Crippen LogP contribution in [0.4, 0.5) is 0 Å². The molecule has 0 radical (unpaired) electrons. The fourth-order valence-corrected chi connectivity index (χ4v) is 6.57. The topological polar surface area (TPSA) is 168 Å². The molecule has 0 bridgehead atoms. The first-order chi connectivity index (χ1) is 14.0. The van der Waals surface area contributed by atoms with E-state index in [1.165, 1.54) is 20.0 Å². The SMILES string of the molecule is CP(=O)(O)CN1CCN(CC(N)=O)CCN(CP(C)(=O)O)CCN(CP(C)(=O)O)CC1. The van der Waals surface area contributed by atoms with Crippen molar-refractivity contribution in [3.05, 3.63) is 0 Å². The molecule has 3 atom stereocenters. The van der Waals surface area contributed by atoms with E-state index < -0.39 is 28.0 Å². The Morgan fingerprint density at radius 2 is 0.871 bits per heavy atom. The van der Waals surface area contributed by atoms with Gasteiger partial charge in [0, 0.05) is 72.4 Å². The van der Waals surface area contributed by atoms with Gasteiger partial charge in [0.1, 0.15) is 0 Å². The number of nitrogens with two attached hydrogens (primary N) is 1. The summed E-state index contributed by atoms with van der Waals surface area (Å²) in [6, 6.07) is 0. The van der Waals surface area contributed by atoms with Gasteiger partial charge in [0.15, 0.2) is 0 Å². The van der Waals surface area contributed by atoms with Gasteiger partial charge in [-0.05, 0) is 0 Å². The molecular formula is C16H38N5O7P3. The Hall–Kier alpha value is -0.120. The number of amides is 1. The Balaban J connectivity index is 3.05. The van der Waals surface area contributed by atoms with Crippen LogP contribution >= 0.6 is 22.1 Å². The van der Waals surface area contributed by atoms with Crippen molar-refractivity contribution in [2.24, 2.45) is 5.73 Å². The van der Waals surface area contributed by atoms with Gasteiger partial charge >= 0.3 is 0 Å². The highest BCUT2D eigenvalue weighted by molar-refractivity contribution is 7.57. The highest BCUT2D eigenvalue weighted by atomic mass is 31.2. The fraction of sp³-hybridized carbons (Fsp3) is 0.938. The van der Waals surface area contributed by atoms with Crippen molar-refractivity contribution in [2.75, 3.05) is 97.8 Å².